The van der Waals surface area contributed by atoms with Crippen molar-refractivity contribution in [2.75, 3.05) is 0 Å². The molecule has 0 radical (unpaired) electrons. The number of rotatable bonds is 4. The van der Waals surface area contributed by atoms with Crippen LogP contribution >= 0.6 is 15.9 Å². The van der Waals surface area contributed by atoms with Crippen molar-refractivity contribution < 1.29 is 4.42 Å². The summed E-state index contributed by atoms with van der Waals surface area (Å²) < 4.78 is 6.44. The number of nitrogens with one attached hydrogen (secondary N) is 1. The van der Waals surface area contributed by atoms with Crippen molar-refractivity contribution in [3.63, 3.8) is 0 Å². The minimum atomic E-state index is 0.0374. The fraction of sp³-hybridized carbons (Fsp3) is 0.231. The summed E-state index contributed by atoms with van der Waals surface area (Å²) in [5, 5.41) is 0. The smallest absolute Gasteiger partial charge is 0.105 e. The molecular weight excluding hydrogens is 280 g/mol. The molecule has 0 saturated heterocycles. The standard InChI is InChI=1S/C13H15BrN2O/c1-9-4-2-6-11(13(9)14)12(16-15)8-10-5-3-7-17-10/h2-7,12,16H,8,15H2,1H3. The summed E-state index contributed by atoms with van der Waals surface area (Å²) in [6.07, 6.45) is 2.40. The number of aryl methyl sites for hydroxylation is 1. The van der Waals surface area contributed by atoms with E-state index in [9.17, 15) is 0 Å². The zero-order valence-corrected chi connectivity index (χ0v) is 11.2. The number of hydrogen-bond acceptors (Lipinski definition) is 3. The van der Waals surface area contributed by atoms with Crippen molar-refractivity contribution >= 4 is 15.9 Å². The largest absolute Gasteiger partial charge is 0.469 e. The van der Waals surface area contributed by atoms with Crippen LogP contribution in [0.25, 0.3) is 0 Å². The van der Waals surface area contributed by atoms with Crippen molar-refractivity contribution in [3.05, 3.63) is 58.0 Å². The lowest BCUT2D eigenvalue weighted by Gasteiger charge is -2.17. The summed E-state index contributed by atoms with van der Waals surface area (Å²) in [6.45, 7) is 2.06. The highest BCUT2D eigenvalue weighted by atomic mass is 79.9. The molecule has 1 unspecified atom stereocenters. The second-order valence-electron chi connectivity index (χ2n) is 3.98. The first-order valence-corrected chi connectivity index (χ1v) is 6.25. The van der Waals surface area contributed by atoms with Gasteiger partial charge in [0.1, 0.15) is 5.76 Å². The Kier molecular flexibility index (Phi) is 3.99. The van der Waals surface area contributed by atoms with Gasteiger partial charge in [-0.2, -0.15) is 0 Å². The maximum atomic E-state index is 5.63. The maximum Gasteiger partial charge on any atom is 0.105 e. The third kappa shape index (κ3) is 2.77. The van der Waals surface area contributed by atoms with Crippen molar-refractivity contribution in [1.29, 1.82) is 0 Å². The fourth-order valence-electron chi connectivity index (χ4n) is 1.83. The fourth-order valence-corrected chi connectivity index (χ4v) is 2.37. The first-order chi connectivity index (χ1) is 8.22. The number of hydrogen-bond donors (Lipinski definition) is 2. The molecule has 1 aromatic carbocycles. The SMILES string of the molecule is Cc1cccc(C(Cc2ccco2)NN)c1Br. The van der Waals surface area contributed by atoms with E-state index in [4.69, 9.17) is 10.3 Å². The number of nitrogens with two attached hydrogens (primary N) is 1. The van der Waals surface area contributed by atoms with Gasteiger partial charge in [-0.25, -0.2) is 0 Å². The summed E-state index contributed by atoms with van der Waals surface area (Å²) in [6, 6.07) is 10.0. The van der Waals surface area contributed by atoms with Gasteiger partial charge >= 0.3 is 0 Å². The van der Waals surface area contributed by atoms with Crippen molar-refractivity contribution in [3.8, 4) is 0 Å². The molecule has 1 atom stereocenters. The molecule has 1 heterocycles. The second-order valence-corrected chi connectivity index (χ2v) is 4.77. The molecule has 0 saturated carbocycles. The molecule has 2 aromatic rings. The van der Waals surface area contributed by atoms with Crippen molar-refractivity contribution in [1.82, 2.24) is 5.43 Å². The van der Waals surface area contributed by atoms with E-state index >= 15 is 0 Å². The molecule has 3 nitrogen and oxygen atoms in total. The Bertz CT molecular complexity index is 482. The molecule has 17 heavy (non-hydrogen) atoms. The highest BCUT2D eigenvalue weighted by Gasteiger charge is 2.15. The van der Waals surface area contributed by atoms with Crippen LogP contribution in [0.5, 0.6) is 0 Å². The molecule has 0 bridgehead atoms. The van der Waals surface area contributed by atoms with Gasteiger partial charge in [0.15, 0.2) is 0 Å². The average molecular weight is 295 g/mol. The van der Waals surface area contributed by atoms with E-state index in [0.717, 1.165) is 22.2 Å². The highest BCUT2D eigenvalue weighted by molar-refractivity contribution is 9.10. The molecule has 0 amide bonds. The van der Waals surface area contributed by atoms with E-state index in [1.54, 1.807) is 6.26 Å². The number of hydrazine groups is 1. The normalized spacial score (nSPS) is 12.6. The molecular formula is C13H15BrN2O. The lowest BCUT2D eigenvalue weighted by Crippen LogP contribution is -2.29. The van der Waals surface area contributed by atoms with Crippen LogP contribution in [0.1, 0.15) is 22.9 Å². The zero-order chi connectivity index (χ0) is 12.3. The van der Waals surface area contributed by atoms with Gasteiger partial charge in [0.2, 0.25) is 0 Å². The maximum absolute atomic E-state index is 5.63. The molecule has 0 aliphatic carbocycles. The van der Waals surface area contributed by atoms with E-state index in [2.05, 4.69) is 40.4 Å². The van der Waals surface area contributed by atoms with Gasteiger partial charge in [0.25, 0.3) is 0 Å². The Morgan fingerprint density at radius 1 is 1.35 bits per heavy atom. The molecule has 0 aliphatic rings. The lowest BCUT2D eigenvalue weighted by molar-refractivity contribution is 0.454. The Morgan fingerprint density at radius 2 is 2.18 bits per heavy atom. The number of benzene rings is 1. The van der Waals surface area contributed by atoms with Crippen LogP contribution in [0.15, 0.2) is 45.5 Å². The molecule has 0 aliphatic heterocycles. The zero-order valence-electron chi connectivity index (χ0n) is 9.61. The van der Waals surface area contributed by atoms with Gasteiger partial charge in [0.05, 0.1) is 12.3 Å². The summed E-state index contributed by atoms with van der Waals surface area (Å²) in [7, 11) is 0. The minimum Gasteiger partial charge on any atom is -0.469 e. The Hall–Kier alpha value is -1.10. The molecule has 2 rings (SSSR count). The molecule has 3 N–H and O–H groups in total. The van der Waals surface area contributed by atoms with Crippen LogP contribution in [0.2, 0.25) is 0 Å². The molecule has 0 fully saturated rings. The van der Waals surface area contributed by atoms with E-state index < -0.39 is 0 Å². The van der Waals surface area contributed by atoms with Crippen LogP contribution in [-0.4, -0.2) is 0 Å². The Labute approximate surface area is 109 Å². The third-order valence-electron chi connectivity index (χ3n) is 2.78. The van der Waals surface area contributed by atoms with Gasteiger partial charge < -0.3 is 4.42 Å². The predicted molar refractivity (Wildman–Crippen MR) is 71.4 cm³/mol. The van der Waals surface area contributed by atoms with Crippen LogP contribution in [0.3, 0.4) is 0 Å². The number of halogens is 1. The number of furan rings is 1. The molecule has 4 heteroatoms. The first-order valence-electron chi connectivity index (χ1n) is 5.46. The van der Waals surface area contributed by atoms with E-state index in [-0.39, 0.29) is 6.04 Å². The van der Waals surface area contributed by atoms with Crippen LogP contribution in [0, 0.1) is 6.92 Å². The summed E-state index contributed by atoms with van der Waals surface area (Å²) >= 11 is 3.60. The predicted octanol–water partition coefficient (Wildman–Crippen LogP) is 3.10. The van der Waals surface area contributed by atoms with Gasteiger partial charge in [-0.05, 0) is 30.2 Å². The molecule has 0 spiro atoms. The van der Waals surface area contributed by atoms with E-state index in [1.807, 2.05) is 18.2 Å². The van der Waals surface area contributed by atoms with Crippen molar-refractivity contribution in [2.45, 2.75) is 19.4 Å². The minimum absolute atomic E-state index is 0.0374. The van der Waals surface area contributed by atoms with Crippen LogP contribution in [0.4, 0.5) is 0 Å². The second kappa shape index (κ2) is 5.49. The van der Waals surface area contributed by atoms with Gasteiger partial charge in [-0.1, -0.05) is 34.1 Å². The summed E-state index contributed by atoms with van der Waals surface area (Å²) in [5.74, 6) is 6.55. The van der Waals surface area contributed by atoms with Crippen molar-refractivity contribution in [2.24, 2.45) is 5.84 Å². The highest BCUT2D eigenvalue weighted by Crippen LogP contribution is 2.28. The van der Waals surface area contributed by atoms with E-state index in [0.29, 0.717) is 0 Å². The first kappa shape index (κ1) is 12.4. The Morgan fingerprint density at radius 3 is 2.82 bits per heavy atom. The quantitative estimate of drug-likeness (QED) is 0.673. The third-order valence-corrected chi connectivity index (χ3v) is 3.87. The van der Waals surface area contributed by atoms with Crippen LogP contribution in [-0.2, 0) is 6.42 Å². The summed E-state index contributed by atoms with van der Waals surface area (Å²) in [5.41, 5.74) is 5.17. The molecule has 1 aromatic heterocycles. The Balaban J connectivity index is 2.26. The topological polar surface area (TPSA) is 51.2 Å². The lowest BCUT2D eigenvalue weighted by atomic mass is 10.0. The van der Waals surface area contributed by atoms with Gasteiger partial charge in [0, 0.05) is 10.9 Å². The van der Waals surface area contributed by atoms with Gasteiger partial charge in [-0.15, -0.1) is 0 Å². The monoisotopic (exact) mass is 294 g/mol. The van der Waals surface area contributed by atoms with Gasteiger partial charge in [-0.3, -0.25) is 11.3 Å². The average Bonchev–Trinajstić information content (AvgIpc) is 2.83. The molecule has 90 valence electrons. The van der Waals surface area contributed by atoms with E-state index in [1.165, 1.54) is 5.56 Å². The van der Waals surface area contributed by atoms with Crippen LogP contribution < -0.4 is 11.3 Å². The summed E-state index contributed by atoms with van der Waals surface area (Å²) in [4.78, 5) is 0.